The van der Waals surface area contributed by atoms with Crippen LogP contribution in [0.3, 0.4) is 0 Å². The van der Waals surface area contributed by atoms with Crippen LogP contribution in [0.1, 0.15) is 30.7 Å². The third kappa shape index (κ3) is 3.84. The molecule has 10 heteroatoms. The number of aliphatic imine (C=N–C) groups is 1. The molecule has 0 amide bonds. The Morgan fingerprint density at radius 2 is 2.17 bits per heavy atom. The first-order valence-electron chi connectivity index (χ1n) is 9.93. The first-order valence-corrected chi connectivity index (χ1v) is 11.8. The average Bonchev–Trinajstić information content (AvgIpc) is 3.13. The molecule has 0 aliphatic carbocycles. The lowest BCUT2D eigenvalue weighted by Crippen LogP contribution is -2.60. The third-order valence-corrected chi connectivity index (χ3v) is 6.43. The van der Waals surface area contributed by atoms with Gasteiger partial charge in [-0.25, -0.2) is 28.1 Å². The number of anilines is 1. The van der Waals surface area contributed by atoms with Crippen molar-refractivity contribution in [1.29, 1.82) is 0 Å². The molecule has 2 aliphatic rings. The number of aromatic nitrogens is 3. The molecule has 2 aromatic heterocycles. The molecule has 4 rings (SSSR count). The summed E-state index contributed by atoms with van der Waals surface area (Å²) in [5.74, 6) is 1.64. The van der Waals surface area contributed by atoms with Crippen LogP contribution < -0.4 is 9.62 Å². The van der Waals surface area contributed by atoms with Gasteiger partial charge in [0.05, 0.1) is 18.0 Å². The first-order chi connectivity index (χ1) is 14.3. The van der Waals surface area contributed by atoms with Crippen molar-refractivity contribution in [2.24, 2.45) is 4.99 Å². The minimum atomic E-state index is -3.21. The molecule has 0 radical (unpaired) electrons. The fourth-order valence-electron chi connectivity index (χ4n) is 4.29. The Morgan fingerprint density at radius 1 is 1.40 bits per heavy atom. The predicted octanol–water partition coefficient (Wildman–Crippen LogP) is 1.68. The number of nitrogens with one attached hydrogen (secondary N) is 2. The lowest BCUT2D eigenvalue weighted by atomic mass is 9.96. The Labute approximate surface area is 177 Å². The summed E-state index contributed by atoms with van der Waals surface area (Å²) in [6.07, 6.45) is 7.57. The van der Waals surface area contributed by atoms with Gasteiger partial charge < -0.3 is 14.8 Å². The predicted molar refractivity (Wildman–Crippen MR) is 118 cm³/mol. The van der Waals surface area contributed by atoms with Crippen LogP contribution in [0.25, 0.3) is 5.70 Å². The number of H-pyrrole nitrogens is 1. The molecule has 1 saturated heterocycles. The monoisotopic (exact) mass is 429 g/mol. The summed E-state index contributed by atoms with van der Waals surface area (Å²) >= 11 is 0. The summed E-state index contributed by atoms with van der Waals surface area (Å²) in [6, 6.07) is 2.19. The zero-order valence-corrected chi connectivity index (χ0v) is 18.3. The van der Waals surface area contributed by atoms with Crippen molar-refractivity contribution >= 4 is 34.1 Å². The van der Waals surface area contributed by atoms with Crippen molar-refractivity contribution in [1.82, 2.24) is 24.6 Å². The van der Waals surface area contributed by atoms with Crippen LogP contribution in [0.5, 0.6) is 0 Å². The summed E-state index contributed by atoms with van der Waals surface area (Å²) < 4.78 is 25.6. The highest BCUT2D eigenvalue weighted by molar-refractivity contribution is 7.88. The van der Waals surface area contributed by atoms with E-state index in [9.17, 15) is 8.42 Å². The first kappa shape index (κ1) is 20.5. The van der Waals surface area contributed by atoms with Gasteiger partial charge in [0.25, 0.3) is 0 Å². The highest BCUT2D eigenvalue weighted by atomic mass is 32.2. The van der Waals surface area contributed by atoms with Gasteiger partial charge in [-0.2, -0.15) is 0 Å². The molecule has 0 spiro atoms. The van der Waals surface area contributed by atoms with E-state index in [1.54, 1.807) is 6.33 Å². The van der Waals surface area contributed by atoms with Crippen molar-refractivity contribution < 1.29 is 8.42 Å². The summed E-state index contributed by atoms with van der Waals surface area (Å²) in [5, 5.41) is 0. The van der Waals surface area contributed by atoms with Crippen LogP contribution in [0.4, 0.5) is 11.6 Å². The van der Waals surface area contributed by atoms with Crippen molar-refractivity contribution in [3.8, 4) is 0 Å². The molecule has 0 bridgehead atoms. The second kappa shape index (κ2) is 7.84. The molecule has 0 aromatic carbocycles. The number of rotatable bonds is 6. The van der Waals surface area contributed by atoms with Gasteiger partial charge in [-0.3, -0.25) is 0 Å². The SMILES string of the molecule is C=Nc1[nH]ccc1/C(=C\C)N1Cc2c(ncnc2N2CC(NS(C)(=O)=O)C2)C[C@H]1C. The Hall–Kier alpha value is -2.72. The number of hydrogen-bond donors (Lipinski definition) is 2. The van der Waals surface area contributed by atoms with Gasteiger partial charge in [0.15, 0.2) is 0 Å². The lowest BCUT2D eigenvalue weighted by molar-refractivity contribution is 0.278. The summed E-state index contributed by atoms with van der Waals surface area (Å²) in [6.45, 7) is 9.76. The highest BCUT2D eigenvalue weighted by Gasteiger charge is 2.35. The molecule has 2 aliphatic heterocycles. The Balaban J connectivity index is 1.60. The van der Waals surface area contributed by atoms with E-state index in [-0.39, 0.29) is 12.1 Å². The number of nitrogens with zero attached hydrogens (tertiary/aromatic N) is 5. The maximum atomic E-state index is 11.5. The van der Waals surface area contributed by atoms with Gasteiger partial charge in [0.1, 0.15) is 18.0 Å². The van der Waals surface area contributed by atoms with Gasteiger partial charge >= 0.3 is 0 Å². The van der Waals surface area contributed by atoms with E-state index in [0.717, 1.165) is 40.6 Å². The summed E-state index contributed by atoms with van der Waals surface area (Å²) in [7, 11) is -3.21. The van der Waals surface area contributed by atoms with E-state index in [4.69, 9.17) is 0 Å². The number of allylic oxidation sites excluding steroid dienone is 1. The number of fused-ring (bicyclic) bond motifs is 1. The normalized spacial score (nSPS) is 20.1. The second-order valence-corrected chi connectivity index (χ2v) is 9.65. The fourth-order valence-corrected chi connectivity index (χ4v) is 5.04. The Morgan fingerprint density at radius 3 is 2.83 bits per heavy atom. The molecular weight excluding hydrogens is 402 g/mol. The Bertz CT molecular complexity index is 1090. The molecule has 4 heterocycles. The van der Waals surface area contributed by atoms with Crippen molar-refractivity contribution in [2.75, 3.05) is 24.2 Å². The van der Waals surface area contributed by atoms with Gasteiger partial charge in [-0.05, 0) is 26.6 Å². The van der Waals surface area contributed by atoms with E-state index in [2.05, 4.69) is 54.2 Å². The third-order valence-electron chi connectivity index (χ3n) is 5.67. The second-order valence-electron chi connectivity index (χ2n) is 7.87. The molecule has 0 unspecified atom stereocenters. The van der Waals surface area contributed by atoms with E-state index in [0.29, 0.717) is 19.6 Å². The highest BCUT2D eigenvalue weighted by Crippen LogP contribution is 2.36. The topological polar surface area (TPSA) is 107 Å². The van der Waals surface area contributed by atoms with Gasteiger partial charge in [-0.15, -0.1) is 0 Å². The fraction of sp³-hybridized carbons (Fsp3) is 0.450. The number of sulfonamides is 1. The molecule has 160 valence electrons. The van der Waals surface area contributed by atoms with E-state index in [1.807, 2.05) is 19.2 Å². The lowest BCUT2D eigenvalue weighted by Gasteiger charge is -2.43. The van der Waals surface area contributed by atoms with Crippen LogP contribution in [0, 0.1) is 0 Å². The minimum Gasteiger partial charge on any atom is -0.364 e. The molecule has 30 heavy (non-hydrogen) atoms. The summed E-state index contributed by atoms with van der Waals surface area (Å²) in [5.41, 5.74) is 4.25. The zero-order valence-electron chi connectivity index (χ0n) is 17.5. The molecular formula is C20H27N7O2S. The quantitative estimate of drug-likeness (QED) is 0.677. The van der Waals surface area contributed by atoms with Gasteiger partial charge in [0, 0.05) is 55.1 Å². The van der Waals surface area contributed by atoms with E-state index >= 15 is 0 Å². The number of aromatic amines is 1. The molecule has 9 nitrogen and oxygen atoms in total. The maximum Gasteiger partial charge on any atom is 0.209 e. The largest absolute Gasteiger partial charge is 0.364 e. The van der Waals surface area contributed by atoms with Crippen LogP contribution >= 0.6 is 0 Å². The van der Waals surface area contributed by atoms with Crippen molar-refractivity contribution in [2.45, 2.75) is 38.9 Å². The van der Waals surface area contributed by atoms with Crippen molar-refractivity contribution in [3.05, 3.63) is 41.5 Å². The number of hydrogen-bond acceptors (Lipinski definition) is 7. The maximum absolute atomic E-state index is 11.5. The molecule has 1 fully saturated rings. The smallest absolute Gasteiger partial charge is 0.209 e. The molecule has 0 saturated carbocycles. The molecule has 1 atom stereocenters. The van der Waals surface area contributed by atoms with Crippen LogP contribution in [0.2, 0.25) is 0 Å². The van der Waals surface area contributed by atoms with Crippen molar-refractivity contribution in [3.63, 3.8) is 0 Å². The van der Waals surface area contributed by atoms with Crippen LogP contribution in [-0.2, 0) is 23.0 Å². The van der Waals surface area contributed by atoms with Crippen LogP contribution in [0.15, 0.2) is 29.7 Å². The van der Waals surface area contributed by atoms with Gasteiger partial charge in [-0.1, -0.05) is 6.08 Å². The van der Waals surface area contributed by atoms with Gasteiger partial charge in [0.2, 0.25) is 10.0 Å². The average molecular weight is 430 g/mol. The summed E-state index contributed by atoms with van der Waals surface area (Å²) in [4.78, 5) is 20.8. The molecule has 2 N–H and O–H groups in total. The standard InChI is InChI=1S/C20H27N7O2S/c1-5-18(15-6-7-22-19(15)21-3)27-11-16-17(8-13(27)2)23-12-24-20(16)26-9-14(10-26)25-30(4,28)29/h5-7,12-14,22,25H,3,8-11H2,1-2,4H3/b18-5+/t13-/m1/s1. The Kier molecular flexibility index (Phi) is 5.37. The minimum absolute atomic E-state index is 0.0867. The van der Waals surface area contributed by atoms with Crippen LogP contribution in [-0.4, -0.2) is 66.4 Å². The van der Waals surface area contributed by atoms with E-state index < -0.39 is 10.0 Å². The molecule has 2 aromatic rings. The van der Waals surface area contributed by atoms with E-state index in [1.165, 1.54) is 6.26 Å². The zero-order chi connectivity index (χ0) is 21.5.